The number of anilines is 1. The summed E-state index contributed by atoms with van der Waals surface area (Å²) in [6.07, 6.45) is -2.77. The number of carbonyl (C=O) groups is 1. The lowest BCUT2D eigenvalue weighted by Gasteiger charge is -2.25. The van der Waals surface area contributed by atoms with E-state index < -0.39 is 27.6 Å². The molecule has 0 radical (unpaired) electrons. The Labute approximate surface area is 159 Å². The zero-order chi connectivity index (χ0) is 19.8. The van der Waals surface area contributed by atoms with Crippen molar-refractivity contribution in [3.05, 3.63) is 29.8 Å². The van der Waals surface area contributed by atoms with Crippen LogP contribution in [0, 0.1) is 0 Å². The first-order valence-corrected chi connectivity index (χ1v) is 11.3. The summed E-state index contributed by atoms with van der Waals surface area (Å²) in [5.74, 6) is -0.581. The molecule has 1 aromatic carbocycles. The molecule has 148 valence electrons. The summed E-state index contributed by atoms with van der Waals surface area (Å²) in [5.41, 5.74) is -0.630. The van der Waals surface area contributed by atoms with E-state index in [0.717, 1.165) is 30.3 Å². The summed E-state index contributed by atoms with van der Waals surface area (Å²) in [7, 11) is -3.28. The summed E-state index contributed by atoms with van der Waals surface area (Å²) in [5, 5.41) is -0.0670. The van der Waals surface area contributed by atoms with Crippen molar-refractivity contribution in [3.8, 4) is 0 Å². The van der Waals surface area contributed by atoms with Gasteiger partial charge >= 0.3 is 6.18 Å². The number of hydrogen-bond donors (Lipinski definition) is 0. The molecule has 10 heteroatoms. The van der Waals surface area contributed by atoms with Crippen LogP contribution in [0.4, 0.5) is 18.9 Å². The first-order chi connectivity index (χ1) is 12.6. The van der Waals surface area contributed by atoms with Gasteiger partial charge in [-0.3, -0.25) is 4.79 Å². The number of nitrogens with zero attached hydrogens (tertiary/aromatic N) is 2. The van der Waals surface area contributed by atoms with Crippen LogP contribution < -0.4 is 4.90 Å². The lowest BCUT2D eigenvalue weighted by Crippen LogP contribution is -2.37. The van der Waals surface area contributed by atoms with E-state index in [-0.39, 0.29) is 39.9 Å². The van der Waals surface area contributed by atoms with E-state index in [9.17, 15) is 26.4 Å². The molecule has 27 heavy (non-hydrogen) atoms. The van der Waals surface area contributed by atoms with Gasteiger partial charge in [0.15, 0.2) is 15.0 Å². The molecule has 0 bridgehead atoms. The Morgan fingerprint density at radius 3 is 2.74 bits per heavy atom. The summed E-state index contributed by atoms with van der Waals surface area (Å²) < 4.78 is 63.2. The van der Waals surface area contributed by atoms with Gasteiger partial charge in [0.2, 0.25) is 5.91 Å². The monoisotopic (exact) mass is 420 g/mol. The lowest BCUT2D eigenvalue weighted by atomic mass is 10.1. The van der Waals surface area contributed by atoms with E-state index in [1.54, 1.807) is 0 Å². The zero-order valence-corrected chi connectivity index (χ0v) is 16.2. The highest BCUT2D eigenvalue weighted by molar-refractivity contribution is 8.16. The minimum absolute atomic E-state index is 0.0695. The summed E-state index contributed by atoms with van der Waals surface area (Å²) in [6, 6.07) is 4.16. The van der Waals surface area contributed by atoms with Crippen LogP contribution in [0.25, 0.3) is 0 Å². The van der Waals surface area contributed by atoms with Gasteiger partial charge in [-0.25, -0.2) is 8.42 Å². The molecule has 2 fully saturated rings. The van der Waals surface area contributed by atoms with Crippen LogP contribution in [0.1, 0.15) is 31.7 Å². The lowest BCUT2D eigenvalue weighted by molar-refractivity contribution is -0.137. The molecular weight excluding hydrogens is 401 g/mol. The van der Waals surface area contributed by atoms with Gasteiger partial charge in [-0.2, -0.15) is 18.2 Å². The maximum atomic E-state index is 13.1. The fraction of sp³-hybridized carbons (Fsp3) is 0.529. The van der Waals surface area contributed by atoms with E-state index in [0.29, 0.717) is 6.42 Å². The fourth-order valence-corrected chi connectivity index (χ4v) is 7.12. The topological polar surface area (TPSA) is 66.8 Å². The third-order valence-electron chi connectivity index (χ3n) is 4.48. The zero-order valence-electron chi connectivity index (χ0n) is 14.6. The van der Waals surface area contributed by atoms with Crippen LogP contribution in [0.15, 0.2) is 29.3 Å². The molecule has 1 amide bonds. The second-order valence-corrected chi connectivity index (χ2v) is 9.97. The number of carbonyl (C=O) groups excluding carboxylic acids is 1. The molecule has 0 unspecified atom stereocenters. The molecule has 0 aliphatic carbocycles. The maximum absolute atomic E-state index is 13.1. The van der Waals surface area contributed by atoms with Crippen molar-refractivity contribution in [2.75, 3.05) is 16.4 Å². The number of unbranched alkanes of at least 4 members (excludes halogenated alkanes) is 1. The van der Waals surface area contributed by atoms with Crippen molar-refractivity contribution in [1.29, 1.82) is 0 Å². The molecule has 2 atom stereocenters. The maximum Gasteiger partial charge on any atom is 0.416 e. The van der Waals surface area contributed by atoms with Crippen LogP contribution >= 0.6 is 11.8 Å². The van der Waals surface area contributed by atoms with Gasteiger partial charge in [-0.1, -0.05) is 31.2 Å². The number of amidine groups is 1. The van der Waals surface area contributed by atoms with Crippen LogP contribution in [0.2, 0.25) is 0 Å². The number of alkyl halides is 3. The number of thioether (sulfide) groups is 1. The van der Waals surface area contributed by atoms with Gasteiger partial charge < -0.3 is 4.90 Å². The molecule has 0 aromatic heterocycles. The molecule has 0 spiro atoms. The normalized spacial score (nSPS) is 25.8. The molecule has 2 saturated heterocycles. The van der Waals surface area contributed by atoms with Crippen LogP contribution in [-0.4, -0.2) is 42.3 Å². The highest BCUT2D eigenvalue weighted by atomic mass is 32.2. The van der Waals surface area contributed by atoms with Crippen LogP contribution in [-0.2, 0) is 20.8 Å². The number of rotatable bonds is 4. The Morgan fingerprint density at radius 2 is 2.07 bits per heavy atom. The van der Waals surface area contributed by atoms with E-state index in [4.69, 9.17) is 0 Å². The number of hydrogen-bond acceptors (Lipinski definition) is 4. The Morgan fingerprint density at radius 1 is 1.33 bits per heavy atom. The molecule has 2 aliphatic heterocycles. The molecule has 5 nitrogen and oxygen atoms in total. The average molecular weight is 420 g/mol. The van der Waals surface area contributed by atoms with Crippen molar-refractivity contribution in [2.24, 2.45) is 4.99 Å². The standard InChI is InChI=1S/C17H19F3N2O3S2/c1-2-3-7-15(23)21-16-22(13-9-27(24,25)10-14(13)26-16)12-6-4-5-11(8-12)17(18,19)20/h4-6,8,13-14H,2-3,7,9-10H2,1H3/t13-,14+/m1/s1. The van der Waals surface area contributed by atoms with Crippen molar-refractivity contribution >= 4 is 38.4 Å². The van der Waals surface area contributed by atoms with Crippen molar-refractivity contribution in [2.45, 2.75) is 43.7 Å². The van der Waals surface area contributed by atoms with Crippen LogP contribution in [0.5, 0.6) is 0 Å². The van der Waals surface area contributed by atoms with Gasteiger partial charge in [0, 0.05) is 17.4 Å². The second-order valence-electron chi connectivity index (χ2n) is 6.61. The predicted molar refractivity (Wildman–Crippen MR) is 99.7 cm³/mol. The number of halogens is 3. The predicted octanol–water partition coefficient (Wildman–Crippen LogP) is 3.50. The number of aliphatic imine (C=N–C) groups is 1. The SMILES string of the molecule is CCCCC(=O)N=C1S[C@H]2CS(=O)(=O)C[C@H]2N1c1cccc(C(F)(F)F)c1. The van der Waals surface area contributed by atoms with Gasteiger partial charge in [0.1, 0.15) is 0 Å². The van der Waals surface area contributed by atoms with Gasteiger partial charge in [0.05, 0.1) is 23.1 Å². The molecule has 2 aliphatic rings. The van der Waals surface area contributed by atoms with Gasteiger partial charge in [0.25, 0.3) is 0 Å². The Balaban J connectivity index is 1.98. The second kappa shape index (κ2) is 7.46. The van der Waals surface area contributed by atoms with Crippen molar-refractivity contribution in [1.82, 2.24) is 0 Å². The molecule has 1 aromatic rings. The molecule has 2 heterocycles. The number of sulfone groups is 1. The highest BCUT2D eigenvalue weighted by Crippen LogP contribution is 2.42. The Bertz CT molecular complexity index is 868. The molecular formula is C17H19F3N2O3S2. The van der Waals surface area contributed by atoms with Gasteiger partial charge in [-0.05, 0) is 24.6 Å². The van der Waals surface area contributed by atoms with Crippen LogP contribution in [0.3, 0.4) is 0 Å². The van der Waals surface area contributed by atoms with E-state index in [1.165, 1.54) is 17.0 Å². The van der Waals surface area contributed by atoms with Crippen molar-refractivity contribution in [3.63, 3.8) is 0 Å². The molecule has 0 saturated carbocycles. The quantitative estimate of drug-likeness (QED) is 0.746. The Kier molecular flexibility index (Phi) is 5.58. The first-order valence-electron chi connectivity index (χ1n) is 8.56. The minimum atomic E-state index is -4.52. The third-order valence-corrected chi connectivity index (χ3v) is 7.69. The highest BCUT2D eigenvalue weighted by Gasteiger charge is 2.49. The summed E-state index contributed by atoms with van der Waals surface area (Å²) >= 11 is 1.16. The number of benzene rings is 1. The average Bonchev–Trinajstić information content (AvgIpc) is 3.03. The molecule has 0 N–H and O–H groups in total. The third kappa shape index (κ3) is 4.48. The largest absolute Gasteiger partial charge is 0.416 e. The summed E-state index contributed by atoms with van der Waals surface area (Å²) in [6.45, 7) is 1.94. The first kappa shape index (κ1) is 20.2. The Hall–Kier alpha value is -1.55. The van der Waals surface area contributed by atoms with Gasteiger partial charge in [-0.15, -0.1) is 0 Å². The molecule has 3 rings (SSSR count). The van der Waals surface area contributed by atoms with Crippen molar-refractivity contribution < 1.29 is 26.4 Å². The van der Waals surface area contributed by atoms with E-state index >= 15 is 0 Å². The number of amides is 1. The summed E-state index contributed by atoms with van der Waals surface area (Å²) in [4.78, 5) is 17.7. The smallest absolute Gasteiger partial charge is 0.316 e. The van der Waals surface area contributed by atoms with E-state index in [2.05, 4.69) is 4.99 Å². The minimum Gasteiger partial charge on any atom is -0.316 e. The number of fused-ring (bicyclic) bond motifs is 1. The van der Waals surface area contributed by atoms with E-state index in [1.807, 2.05) is 6.92 Å². The fourth-order valence-electron chi connectivity index (χ4n) is 3.19.